The number of hydrogen-bond donors (Lipinski definition) is 1. The first-order valence-electron chi connectivity index (χ1n) is 7.02. The lowest BCUT2D eigenvalue weighted by Crippen LogP contribution is -2.39. The van der Waals surface area contributed by atoms with Crippen LogP contribution < -0.4 is 5.73 Å². The van der Waals surface area contributed by atoms with Crippen LogP contribution in [0.5, 0.6) is 0 Å². The van der Waals surface area contributed by atoms with Crippen molar-refractivity contribution in [3.05, 3.63) is 17.5 Å². The quantitative estimate of drug-likeness (QED) is 0.867. The second-order valence-electron chi connectivity index (χ2n) is 5.30. The maximum atomic E-state index is 6.03. The van der Waals surface area contributed by atoms with Gasteiger partial charge in [0.05, 0.1) is 11.8 Å². The molecule has 2 atom stereocenters. The molecule has 0 aliphatic carbocycles. The lowest BCUT2D eigenvalue weighted by atomic mass is 9.77. The summed E-state index contributed by atoms with van der Waals surface area (Å²) in [5.74, 6) is 0. The molecule has 2 heterocycles. The van der Waals surface area contributed by atoms with Gasteiger partial charge < -0.3 is 10.5 Å². The van der Waals surface area contributed by atoms with E-state index < -0.39 is 0 Å². The first kappa shape index (κ1) is 13.6. The van der Waals surface area contributed by atoms with Crippen LogP contribution in [-0.4, -0.2) is 29.0 Å². The minimum absolute atomic E-state index is 0.0952. The van der Waals surface area contributed by atoms with Crippen LogP contribution in [0, 0.1) is 5.41 Å². The van der Waals surface area contributed by atoms with Crippen molar-refractivity contribution < 1.29 is 4.74 Å². The highest BCUT2D eigenvalue weighted by molar-refractivity contribution is 5.14. The van der Waals surface area contributed by atoms with Gasteiger partial charge in [-0.2, -0.15) is 5.10 Å². The molecule has 0 aromatic carbocycles. The van der Waals surface area contributed by atoms with Gasteiger partial charge in [0.1, 0.15) is 0 Å². The number of nitrogens with two attached hydrogens (primary N) is 1. The normalized spacial score (nSPS) is 27.9. The van der Waals surface area contributed by atoms with Gasteiger partial charge in [0.2, 0.25) is 0 Å². The van der Waals surface area contributed by atoms with Crippen molar-refractivity contribution in [2.24, 2.45) is 11.1 Å². The fourth-order valence-electron chi connectivity index (χ4n) is 2.86. The van der Waals surface area contributed by atoms with E-state index in [1.165, 1.54) is 11.4 Å². The second kappa shape index (κ2) is 5.41. The van der Waals surface area contributed by atoms with E-state index in [-0.39, 0.29) is 11.5 Å². The Morgan fingerprint density at radius 1 is 1.56 bits per heavy atom. The van der Waals surface area contributed by atoms with Crippen LogP contribution in [0.3, 0.4) is 0 Å². The first-order chi connectivity index (χ1) is 8.65. The van der Waals surface area contributed by atoms with Crippen LogP contribution in [-0.2, 0) is 24.1 Å². The monoisotopic (exact) mass is 251 g/mol. The topological polar surface area (TPSA) is 53.1 Å². The van der Waals surface area contributed by atoms with E-state index in [0.29, 0.717) is 6.54 Å². The van der Waals surface area contributed by atoms with Crippen molar-refractivity contribution in [3.63, 3.8) is 0 Å². The van der Waals surface area contributed by atoms with Gasteiger partial charge in [0.25, 0.3) is 0 Å². The molecule has 4 heteroatoms. The molecule has 1 aliphatic rings. The molecule has 2 rings (SSSR count). The summed E-state index contributed by atoms with van der Waals surface area (Å²) in [5, 5.41) is 4.61. The molecular weight excluding hydrogens is 226 g/mol. The molecule has 18 heavy (non-hydrogen) atoms. The summed E-state index contributed by atoms with van der Waals surface area (Å²) in [4.78, 5) is 0. The molecule has 2 N–H and O–H groups in total. The van der Waals surface area contributed by atoms with Crippen molar-refractivity contribution in [1.29, 1.82) is 0 Å². The second-order valence-corrected chi connectivity index (χ2v) is 5.30. The van der Waals surface area contributed by atoms with E-state index in [0.717, 1.165) is 32.4 Å². The number of aromatic nitrogens is 2. The molecule has 0 bridgehead atoms. The summed E-state index contributed by atoms with van der Waals surface area (Å²) < 4.78 is 7.84. The Morgan fingerprint density at radius 2 is 2.33 bits per heavy atom. The molecule has 2 unspecified atom stereocenters. The fourth-order valence-corrected chi connectivity index (χ4v) is 2.86. The molecule has 1 aromatic rings. The average Bonchev–Trinajstić information content (AvgIpc) is 2.94. The summed E-state index contributed by atoms with van der Waals surface area (Å²) in [5.41, 5.74) is 8.60. The van der Waals surface area contributed by atoms with Crippen LogP contribution in [0.4, 0.5) is 0 Å². The molecular formula is C14H25N3O. The van der Waals surface area contributed by atoms with Gasteiger partial charge in [-0.3, -0.25) is 4.68 Å². The Balaban J connectivity index is 2.24. The molecule has 4 nitrogen and oxygen atoms in total. The van der Waals surface area contributed by atoms with Crippen molar-refractivity contribution in [2.45, 2.75) is 52.7 Å². The highest BCUT2D eigenvalue weighted by Gasteiger charge is 2.41. The first-order valence-corrected chi connectivity index (χ1v) is 7.02. The molecule has 0 saturated carbocycles. The van der Waals surface area contributed by atoms with Crippen molar-refractivity contribution in [2.75, 3.05) is 13.2 Å². The predicted molar refractivity (Wildman–Crippen MR) is 72.5 cm³/mol. The van der Waals surface area contributed by atoms with Crippen LogP contribution >= 0.6 is 0 Å². The summed E-state index contributed by atoms with van der Waals surface area (Å²) in [7, 11) is 0. The van der Waals surface area contributed by atoms with Gasteiger partial charge in [0.15, 0.2) is 0 Å². The number of nitrogens with zero attached hydrogens (tertiary/aromatic N) is 2. The lowest BCUT2D eigenvalue weighted by Gasteiger charge is -2.30. The van der Waals surface area contributed by atoms with Gasteiger partial charge in [0, 0.05) is 30.8 Å². The van der Waals surface area contributed by atoms with Crippen molar-refractivity contribution in [1.82, 2.24) is 9.78 Å². The molecule has 102 valence electrons. The van der Waals surface area contributed by atoms with Crippen LogP contribution in [0.1, 0.15) is 38.6 Å². The smallest absolute Gasteiger partial charge is 0.0624 e. The van der Waals surface area contributed by atoms with Crippen LogP contribution in [0.15, 0.2) is 6.07 Å². The minimum atomic E-state index is 0.0952. The Morgan fingerprint density at radius 3 is 2.83 bits per heavy atom. The molecule has 0 spiro atoms. The molecule has 1 fully saturated rings. The molecule has 1 aromatic heterocycles. The standard InChI is InChI=1S/C14H25N3O/c1-4-12-8-13(17(5-2)16-12)9-14(10-15)6-7-18-11(14)3/h8,11H,4-7,9-10,15H2,1-3H3. The number of ether oxygens (including phenoxy) is 1. The van der Waals surface area contributed by atoms with Gasteiger partial charge in [-0.1, -0.05) is 6.92 Å². The van der Waals surface area contributed by atoms with E-state index >= 15 is 0 Å². The molecule has 1 saturated heterocycles. The Kier molecular flexibility index (Phi) is 4.07. The fraction of sp³-hybridized carbons (Fsp3) is 0.786. The highest BCUT2D eigenvalue weighted by atomic mass is 16.5. The summed E-state index contributed by atoms with van der Waals surface area (Å²) >= 11 is 0. The van der Waals surface area contributed by atoms with Crippen LogP contribution in [0.25, 0.3) is 0 Å². The Bertz CT molecular complexity index is 402. The van der Waals surface area contributed by atoms with Gasteiger partial charge >= 0.3 is 0 Å². The van der Waals surface area contributed by atoms with E-state index in [1.54, 1.807) is 0 Å². The minimum Gasteiger partial charge on any atom is -0.378 e. The summed E-state index contributed by atoms with van der Waals surface area (Å²) in [6.07, 6.45) is 3.27. The van der Waals surface area contributed by atoms with E-state index in [2.05, 4.69) is 36.6 Å². The summed E-state index contributed by atoms with van der Waals surface area (Å²) in [6, 6.07) is 2.23. The highest BCUT2D eigenvalue weighted by Crippen LogP contribution is 2.37. The van der Waals surface area contributed by atoms with Crippen LogP contribution in [0.2, 0.25) is 0 Å². The number of aryl methyl sites for hydroxylation is 2. The van der Waals surface area contributed by atoms with E-state index in [1.807, 2.05) is 0 Å². The molecule has 1 aliphatic heterocycles. The maximum absolute atomic E-state index is 6.03. The number of hydrogen-bond acceptors (Lipinski definition) is 3. The third-order valence-electron chi connectivity index (χ3n) is 4.35. The third kappa shape index (κ3) is 2.31. The largest absolute Gasteiger partial charge is 0.378 e. The van der Waals surface area contributed by atoms with Crippen molar-refractivity contribution in [3.8, 4) is 0 Å². The molecule has 0 amide bonds. The number of rotatable bonds is 5. The van der Waals surface area contributed by atoms with Crippen molar-refractivity contribution >= 4 is 0 Å². The SMILES string of the molecule is CCc1cc(CC2(CN)CCOC2C)n(CC)n1. The third-order valence-corrected chi connectivity index (χ3v) is 4.35. The Labute approximate surface area is 110 Å². The molecule has 0 radical (unpaired) electrons. The van der Waals surface area contributed by atoms with E-state index in [9.17, 15) is 0 Å². The zero-order valence-electron chi connectivity index (χ0n) is 11.8. The zero-order chi connectivity index (χ0) is 13.2. The maximum Gasteiger partial charge on any atom is 0.0624 e. The predicted octanol–water partition coefficient (Wildman–Crippen LogP) is 1.76. The van der Waals surface area contributed by atoms with Gasteiger partial charge in [-0.15, -0.1) is 0 Å². The van der Waals surface area contributed by atoms with Gasteiger partial charge in [-0.25, -0.2) is 0 Å². The average molecular weight is 251 g/mol. The van der Waals surface area contributed by atoms with Gasteiger partial charge in [-0.05, 0) is 39.2 Å². The van der Waals surface area contributed by atoms with E-state index in [4.69, 9.17) is 10.5 Å². The Hall–Kier alpha value is -0.870. The zero-order valence-corrected chi connectivity index (χ0v) is 11.8. The summed E-state index contributed by atoms with van der Waals surface area (Å²) in [6.45, 7) is 8.87. The lowest BCUT2D eigenvalue weighted by molar-refractivity contribution is 0.0664.